The van der Waals surface area contributed by atoms with Gasteiger partial charge >= 0.3 is 0 Å². The van der Waals surface area contributed by atoms with Gasteiger partial charge in [0.1, 0.15) is 11.5 Å². The predicted molar refractivity (Wildman–Crippen MR) is 129 cm³/mol. The summed E-state index contributed by atoms with van der Waals surface area (Å²) in [6.45, 7) is 1.84. The number of carbonyl (C=O) groups excluding carboxylic acids is 2. The molecule has 3 heterocycles. The molecule has 0 saturated carbocycles. The highest BCUT2D eigenvalue weighted by molar-refractivity contribution is 7.98. The first-order chi connectivity index (χ1) is 16.6. The number of fused-ring (bicyclic) bond motifs is 1. The molecule has 2 aromatic heterocycles. The van der Waals surface area contributed by atoms with Gasteiger partial charge in [-0.2, -0.15) is 0 Å². The van der Waals surface area contributed by atoms with Gasteiger partial charge < -0.3 is 14.2 Å². The number of carbonyl (C=O) groups is 2. The Balaban J connectivity index is 1.14. The Morgan fingerprint density at radius 3 is 2.00 bits per heavy atom. The van der Waals surface area contributed by atoms with Crippen molar-refractivity contribution < 1.29 is 14.0 Å². The van der Waals surface area contributed by atoms with Gasteiger partial charge in [0.15, 0.2) is 0 Å². The highest BCUT2D eigenvalue weighted by atomic mass is 32.2. The van der Waals surface area contributed by atoms with Crippen molar-refractivity contribution in [2.45, 2.75) is 10.6 Å². The lowest BCUT2D eigenvalue weighted by atomic mass is 10.1. The van der Waals surface area contributed by atoms with E-state index in [1.807, 2.05) is 59.3 Å². The van der Waals surface area contributed by atoms with E-state index >= 15 is 0 Å². The van der Waals surface area contributed by atoms with Crippen molar-refractivity contribution in [2.75, 3.05) is 26.2 Å². The molecule has 1 fully saturated rings. The zero-order valence-corrected chi connectivity index (χ0v) is 19.2. The predicted octanol–water partition coefficient (Wildman–Crippen LogP) is 4.36. The fraction of sp³-hybridized carbons (Fsp3) is 0.192. The number of aromatic nitrogens is 2. The third-order valence-electron chi connectivity index (χ3n) is 5.85. The van der Waals surface area contributed by atoms with Crippen LogP contribution in [0, 0.1) is 5.82 Å². The zero-order valence-electron chi connectivity index (χ0n) is 18.4. The highest BCUT2D eigenvalue weighted by Crippen LogP contribution is 2.23. The van der Waals surface area contributed by atoms with Crippen LogP contribution in [0.15, 0.2) is 84.0 Å². The summed E-state index contributed by atoms with van der Waals surface area (Å²) >= 11 is 1.68. The average molecular weight is 475 g/mol. The number of piperazine rings is 1. The van der Waals surface area contributed by atoms with Gasteiger partial charge in [0.05, 0.1) is 5.69 Å². The van der Waals surface area contributed by atoms with Gasteiger partial charge in [-0.3, -0.25) is 9.59 Å². The molecule has 34 heavy (non-hydrogen) atoms. The maximum absolute atomic E-state index is 13.1. The number of halogens is 1. The molecule has 0 aliphatic carbocycles. The Morgan fingerprint density at radius 2 is 1.41 bits per heavy atom. The molecule has 2 aromatic carbocycles. The normalized spacial score (nSPS) is 13.9. The van der Waals surface area contributed by atoms with Gasteiger partial charge in [0.2, 0.25) is 0 Å². The van der Waals surface area contributed by atoms with Gasteiger partial charge in [-0.1, -0.05) is 6.07 Å². The molecule has 1 saturated heterocycles. The molecular weight excluding hydrogens is 451 g/mol. The van der Waals surface area contributed by atoms with E-state index in [1.165, 1.54) is 24.3 Å². The smallest absolute Gasteiger partial charge is 0.253 e. The molecule has 8 heteroatoms. The highest BCUT2D eigenvalue weighted by Gasteiger charge is 2.25. The zero-order chi connectivity index (χ0) is 23.5. The first kappa shape index (κ1) is 22.2. The molecule has 172 valence electrons. The lowest BCUT2D eigenvalue weighted by molar-refractivity contribution is 0.0535. The van der Waals surface area contributed by atoms with Gasteiger partial charge in [-0.25, -0.2) is 9.37 Å². The molecule has 1 aliphatic rings. The van der Waals surface area contributed by atoms with Gasteiger partial charge in [-0.05, 0) is 60.7 Å². The van der Waals surface area contributed by atoms with E-state index in [-0.39, 0.29) is 17.6 Å². The van der Waals surface area contributed by atoms with E-state index in [0.29, 0.717) is 37.3 Å². The SMILES string of the molecule is O=C(c1ccc(F)cc1)N1CCN(C(=O)c2ccc(SCc3cn4ccccc4n3)cc2)CC1. The molecule has 1 aliphatic heterocycles. The standard InChI is InChI=1S/C26H23FN4O2S/c27-21-8-4-19(5-9-21)25(32)29-13-15-30(16-14-29)26(33)20-6-10-23(11-7-20)34-18-22-17-31-12-2-1-3-24(31)28-22/h1-12,17H,13-16,18H2. The van der Waals surface area contributed by atoms with Crippen LogP contribution in [-0.2, 0) is 5.75 Å². The summed E-state index contributed by atoms with van der Waals surface area (Å²) in [6.07, 6.45) is 4.01. The molecule has 0 spiro atoms. The van der Waals surface area contributed by atoms with Crippen LogP contribution in [0.5, 0.6) is 0 Å². The Morgan fingerprint density at radius 1 is 0.824 bits per heavy atom. The Bertz CT molecular complexity index is 1280. The number of benzene rings is 2. The number of hydrogen-bond donors (Lipinski definition) is 0. The van der Waals surface area contributed by atoms with Crippen LogP contribution in [0.3, 0.4) is 0 Å². The fourth-order valence-electron chi connectivity index (χ4n) is 3.98. The Kier molecular flexibility index (Phi) is 6.31. The van der Waals surface area contributed by atoms with E-state index in [1.54, 1.807) is 21.6 Å². The van der Waals surface area contributed by atoms with E-state index in [0.717, 1.165) is 22.0 Å². The minimum absolute atomic E-state index is 0.0363. The van der Waals surface area contributed by atoms with Gasteiger partial charge in [-0.15, -0.1) is 11.8 Å². The van der Waals surface area contributed by atoms with Crippen LogP contribution < -0.4 is 0 Å². The summed E-state index contributed by atoms with van der Waals surface area (Å²) in [6, 6.07) is 19.1. The first-order valence-corrected chi connectivity index (χ1v) is 12.0. The molecule has 5 rings (SSSR count). The number of nitrogens with zero attached hydrogens (tertiary/aromatic N) is 4. The molecule has 0 bridgehead atoms. The van der Waals surface area contributed by atoms with Crippen LogP contribution >= 0.6 is 11.8 Å². The summed E-state index contributed by atoms with van der Waals surface area (Å²) in [5, 5.41) is 0. The van der Waals surface area contributed by atoms with Crippen molar-refractivity contribution in [1.29, 1.82) is 0 Å². The van der Waals surface area contributed by atoms with E-state index in [4.69, 9.17) is 0 Å². The van der Waals surface area contributed by atoms with E-state index in [2.05, 4.69) is 4.98 Å². The first-order valence-electron chi connectivity index (χ1n) is 11.1. The van der Waals surface area contributed by atoms with Crippen molar-refractivity contribution >= 4 is 29.2 Å². The average Bonchev–Trinajstić information content (AvgIpc) is 3.31. The van der Waals surface area contributed by atoms with Crippen molar-refractivity contribution in [1.82, 2.24) is 19.2 Å². The maximum atomic E-state index is 13.1. The minimum atomic E-state index is -0.369. The molecule has 0 atom stereocenters. The lowest BCUT2D eigenvalue weighted by Crippen LogP contribution is -2.50. The van der Waals surface area contributed by atoms with Crippen LogP contribution in [-0.4, -0.2) is 57.2 Å². The topological polar surface area (TPSA) is 57.9 Å². The number of amides is 2. The molecule has 2 amide bonds. The molecule has 4 aromatic rings. The summed E-state index contributed by atoms with van der Waals surface area (Å²) < 4.78 is 15.1. The van der Waals surface area contributed by atoms with Crippen molar-refractivity contribution in [3.05, 3.63) is 102 Å². The van der Waals surface area contributed by atoms with E-state index in [9.17, 15) is 14.0 Å². The summed E-state index contributed by atoms with van der Waals surface area (Å²) in [7, 11) is 0. The second-order valence-electron chi connectivity index (χ2n) is 8.10. The van der Waals surface area contributed by atoms with Crippen molar-refractivity contribution in [3.63, 3.8) is 0 Å². The summed E-state index contributed by atoms with van der Waals surface area (Å²) in [4.78, 5) is 34.7. The largest absolute Gasteiger partial charge is 0.335 e. The third-order valence-corrected chi connectivity index (χ3v) is 6.89. The molecular formula is C26H23FN4O2S. The number of rotatable bonds is 5. The summed E-state index contributed by atoms with van der Waals surface area (Å²) in [5.74, 6) is 0.204. The lowest BCUT2D eigenvalue weighted by Gasteiger charge is -2.35. The van der Waals surface area contributed by atoms with Gasteiger partial charge in [0.25, 0.3) is 11.8 Å². The molecule has 0 N–H and O–H groups in total. The monoisotopic (exact) mass is 474 g/mol. The Labute approximate surface area is 201 Å². The minimum Gasteiger partial charge on any atom is -0.335 e. The van der Waals surface area contributed by atoms with Crippen LogP contribution in [0.25, 0.3) is 5.65 Å². The van der Waals surface area contributed by atoms with Crippen molar-refractivity contribution in [3.8, 4) is 0 Å². The van der Waals surface area contributed by atoms with Gasteiger partial charge in [0, 0.05) is 60.3 Å². The number of hydrogen-bond acceptors (Lipinski definition) is 4. The quantitative estimate of drug-likeness (QED) is 0.403. The molecule has 0 unspecified atom stereocenters. The number of imidazole rings is 1. The van der Waals surface area contributed by atoms with E-state index < -0.39 is 0 Å². The van der Waals surface area contributed by atoms with Crippen LogP contribution in [0.4, 0.5) is 4.39 Å². The van der Waals surface area contributed by atoms with Crippen LogP contribution in [0.1, 0.15) is 26.4 Å². The second-order valence-corrected chi connectivity index (χ2v) is 9.15. The second kappa shape index (κ2) is 9.69. The van der Waals surface area contributed by atoms with Crippen LogP contribution in [0.2, 0.25) is 0 Å². The third kappa shape index (κ3) is 4.82. The maximum Gasteiger partial charge on any atom is 0.253 e. The van der Waals surface area contributed by atoms with Crippen molar-refractivity contribution in [2.24, 2.45) is 0 Å². The number of pyridine rings is 1. The number of thioether (sulfide) groups is 1. The summed E-state index contributed by atoms with van der Waals surface area (Å²) in [5.41, 5.74) is 3.02. The molecule has 0 radical (unpaired) electrons. The fourth-order valence-corrected chi connectivity index (χ4v) is 4.76. The Hall–Kier alpha value is -3.65. The molecule has 6 nitrogen and oxygen atoms in total.